The fourth-order valence-electron chi connectivity index (χ4n) is 1.99. The van der Waals surface area contributed by atoms with Crippen LogP contribution in [-0.4, -0.2) is 56.2 Å². The molecule has 0 radical (unpaired) electrons. The Hall–Kier alpha value is -1.02. The van der Waals surface area contributed by atoms with Crippen molar-refractivity contribution in [1.29, 1.82) is 0 Å². The van der Waals surface area contributed by atoms with Gasteiger partial charge in [0.1, 0.15) is 30.5 Å². The van der Waals surface area contributed by atoms with E-state index in [4.69, 9.17) is 4.74 Å². The molecule has 1 aromatic rings. The first-order valence-corrected chi connectivity index (χ1v) is 5.63. The van der Waals surface area contributed by atoms with Gasteiger partial charge in [-0.1, -0.05) is 30.3 Å². The first kappa shape index (κ1) is 13.4. The molecule has 1 heterocycles. The molecule has 0 unspecified atom stereocenters. The van der Waals surface area contributed by atoms with Crippen molar-refractivity contribution in [2.75, 3.05) is 0 Å². The second-order valence-electron chi connectivity index (χ2n) is 4.32. The van der Waals surface area contributed by atoms with Gasteiger partial charge < -0.3 is 30.3 Å². The van der Waals surface area contributed by atoms with Crippen molar-refractivity contribution in [2.45, 2.75) is 36.8 Å². The largest absolute Gasteiger partial charge is 0.387 e. The second-order valence-corrected chi connectivity index (χ2v) is 4.32. The minimum atomic E-state index is -1.65. The van der Waals surface area contributed by atoms with Crippen molar-refractivity contribution < 1.29 is 30.3 Å². The van der Waals surface area contributed by atoms with E-state index >= 15 is 0 Å². The molecule has 1 aliphatic rings. The Morgan fingerprint density at radius 1 is 0.889 bits per heavy atom. The number of rotatable bonds is 2. The van der Waals surface area contributed by atoms with Gasteiger partial charge in [-0.15, -0.1) is 0 Å². The predicted molar refractivity (Wildman–Crippen MR) is 60.3 cm³/mol. The maximum Gasteiger partial charge on any atom is 0.184 e. The number of aliphatic hydroxyl groups is 5. The molecular formula is C12H16O6. The van der Waals surface area contributed by atoms with E-state index in [1.807, 2.05) is 0 Å². The average Bonchev–Trinajstić information content (AvgIpc) is 2.41. The van der Waals surface area contributed by atoms with Crippen LogP contribution >= 0.6 is 0 Å². The summed E-state index contributed by atoms with van der Waals surface area (Å²) in [4.78, 5) is 0. The first-order chi connectivity index (χ1) is 8.52. The third-order valence-corrected chi connectivity index (χ3v) is 3.08. The summed E-state index contributed by atoms with van der Waals surface area (Å²) in [7, 11) is 0. The van der Waals surface area contributed by atoms with Crippen molar-refractivity contribution in [1.82, 2.24) is 0 Å². The number of aliphatic hydroxyl groups excluding tert-OH is 5. The molecule has 0 amide bonds. The summed E-state index contributed by atoms with van der Waals surface area (Å²) in [6, 6.07) is 8.43. The zero-order valence-electron chi connectivity index (χ0n) is 9.50. The van der Waals surface area contributed by atoms with Crippen molar-refractivity contribution >= 4 is 0 Å². The Labute approximate surface area is 104 Å². The molecular weight excluding hydrogens is 240 g/mol. The fraction of sp³-hybridized carbons (Fsp3) is 0.500. The third kappa shape index (κ3) is 2.39. The van der Waals surface area contributed by atoms with E-state index in [1.165, 1.54) is 0 Å². The highest BCUT2D eigenvalue weighted by Gasteiger charge is 2.46. The van der Waals surface area contributed by atoms with Crippen LogP contribution in [0, 0.1) is 0 Å². The van der Waals surface area contributed by atoms with Gasteiger partial charge >= 0.3 is 0 Å². The molecule has 0 saturated carbocycles. The van der Waals surface area contributed by atoms with Gasteiger partial charge in [-0.25, -0.2) is 0 Å². The minimum Gasteiger partial charge on any atom is -0.387 e. The van der Waals surface area contributed by atoms with Gasteiger partial charge in [0.15, 0.2) is 6.29 Å². The maximum absolute atomic E-state index is 10.0. The lowest BCUT2D eigenvalue weighted by atomic mass is 9.92. The van der Waals surface area contributed by atoms with Crippen molar-refractivity contribution in [3.8, 4) is 0 Å². The Morgan fingerprint density at radius 2 is 1.50 bits per heavy atom. The molecule has 0 bridgehead atoms. The predicted octanol–water partition coefficient (Wildman–Crippen LogP) is -1.48. The normalized spacial score (nSPS) is 38.4. The minimum absolute atomic E-state index is 0.484. The van der Waals surface area contributed by atoms with Crippen LogP contribution < -0.4 is 0 Å². The zero-order chi connectivity index (χ0) is 13.3. The molecule has 0 aromatic heterocycles. The molecule has 1 saturated heterocycles. The van der Waals surface area contributed by atoms with E-state index in [-0.39, 0.29) is 0 Å². The van der Waals surface area contributed by atoms with Crippen LogP contribution in [0.1, 0.15) is 11.7 Å². The smallest absolute Gasteiger partial charge is 0.184 e. The molecule has 0 aliphatic carbocycles. The lowest BCUT2D eigenvalue weighted by Crippen LogP contribution is -2.58. The van der Waals surface area contributed by atoms with E-state index in [0.29, 0.717) is 5.56 Å². The number of ether oxygens (including phenoxy) is 1. The number of hydrogen-bond acceptors (Lipinski definition) is 6. The van der Waals surface area contributed by atoms with E-state index in [9.17, 15) is 25.5 Å². The van der Waals surface area contributed by atoms with Gasteiger partial charge in [0.25, 0.3) is 0 Å². The Kier molecular flexibility index (Phi) is 3.96. The lowest BCUT2D eigenvalue weighted by molar-refractivity contribution is -0.297. The van der Waals surface area contributed by atoms with Crippen LogP contribution in [0.2, 0.25) is 0 Å². The first-order valence-electron chi connectivity index (χ1n) is 5.63. The van der Waals surface area contributed by atoms with Gasteiger partial charge in [-0.05, 0) is 5.56 Å². The monoisotopic (exact) mass is 256 g/mol. The molecule has 1 aliphatic heterocycles. The van der Waals surface area contributed by atoms with E-state index in [1.54, 1.807) is 30.3 Å². The van der Waals surface area contributed by atoms with Gasteiger partial charge in [0, 0.05) is 0 Å². The summed E-state index contributed by atoms with van der Waals surface area (Å²) in [5.74, 6) is 0. The topological polar surface area (TPSA) is 110 Å². The van der Waals surface area contributed by atoms with Gasteiger partial charge in [0.2, 0.25) is 0 Å². The molecule has 6 nitrogen and oxygen atoms in total. The molecule has 0 spiro atoms. The van der Waals surface area contributed by atoms with Crippen LogP contribution in [0.4, 0.5) is 0 Å². The Balaban J connectivity index is 2.18. The van der Waals surface area contributed by atoms with Crippen LogP contribution in [-0.2, 0) is 4.74 Å². The van der Waals surface area contributed by atoms with Gasteiger partial charge in [-0.2, -0.15) is 0 Å². The van der Waals surface area contributed by atoms with E-state index < -0.39 is 36.8 Å². The summed E-state index contributed by atoms with van der Waals surface area (Å²) < 4.78 is 4.94. The van der Waals surface area contributed by atoms with E-state index in [2.05, 4.69) is 0 Å². The van der Waals surface area contributed by atoms with Crippen LogP contribution in [0.15, 0.2) is 30.3 Å². The summed E-state index contributed by atoms with van der Waals surface area (Å²) in [5, 5.41) is 48.0. The molecule has 1 aromatic carbocycles. The highest BCUT2D eigenvalue weighted by atomic mass is 16.6. The molecule has 100 valence electrons. The summed E-state index contributed by atoms with van der Waals surface area (Å²) in [6.45, 7) is 0. The lowest BCUT2D eigenvalue weighted by Gasteiger charge is -2.40. The third-order valence-electron chi connectivity index (χ3n) is 3.08. The zero-order valence-corrected chi connectivity index (χ0v) is 9.50. The molecule has 1 fully saturated rings. The van der Waals surface area contributed by atoms with Crippen LogP contribution in [0.25, 0.3) is 0 Å². The molecule has 6 heteroatoms. The second kappa shape index (κ2) is 5.31. The van der Waals surface area contributed by atoms with E-state index in [0.717, 1.165) is 0 Å². The van der Waals surface area contributed by atoms with Crippen LogP contribution in [0.5, 0.6) is 0 Å². The maximum atomic E-state index is 10.0. The highest BCUT2D eigenvalue weighted by molar-refractivity contribution is 5.19. The van der Waals surface area contributed by atoms with Crippen molar-refractivity contribution in [3.05, 3.63) is 35.9 Å². The Morgan fingerprint density at radius 3 is 2.11 bits per heavy atom. The summed E-state index contributed by atoms with van der Waals surface area (Å²) >= 11 is 0. The summed E-state index contributed by atoms with van der Waals surface area (Å²) in [5.41, 5.74) is 0.484. The summed E-state index contributed by atoms with van der Waals surface area (Å²) in [6.07, 6.45) is -8.72. The molecule has 5 N–H and O–H groups in total. The van der Waals surface area contributed by atoms with Gasteiger partial charge in [0.05, 0.1) is 0 Å². The van der Waals surface area contributed by atoms with Crippen LogP contribution in [0.3, 0.4) is 0 Å². The van der Waals surface area contributed by atoms with Gasteiger partial charge in [-0.3, -0.25) is 0 Å². The molecule has 6 atom stereocenters. The quantitative estimate of drug-likeness (QED) is 0.441. The molecule has 2 rings (SSSR count). The SMILES string of the molecule is O[C@@H]1[C@@H](O)[C@@H](O)O[C@H]([C@@H](O)c2ccccc2)[C@H]1O. The fourth-order valence-corrected chi connectivity index (χ4v) is 1.99. The highest BCUT2D eigenvalue weighted by Crippen LogP contribution is 2.29. The number of hydrogen-bond donors (Lipinski definition) is 5. The van der Waals surface area contributed by atoms with Crippen molar-refractivity contribution in [2.24, 2.45) is 0 Å². The standard InChI is InChI=1S/C12H16O6/c13-7(6-4-2-1-3-5-6)11-9(15)8(14)10(16)12(17)18-11/h1-5,7-17H/t7-,8-,9-,10+,11+,12-/m0/s1. The Bertz CT molecular complexity index is 383. The molecule has 18 heavy (non-hydrogen) atoms. The average molecular weight is 256 g/mol. The number of benzene rings is 1. The van der Waals surface area contributed by atoms with Crippen molar-refractivity contribution in [3.63, 3.8) is 0 Å².